The van der Waals surface area contributed by atoms with Crippen LogP contribution in [0.4, 0.5) is 5.69 Å². The number of benzene rings is 2. The Balaban J connectivity index is 1.48. The minimum absolute atomic E-state index is 0.0625. The molecule has 0 N–H and O–H groups in total. The lowest BCUT2D eigenvalue weighted by Gasteiger charge is -2.14. The highest BCUT2D eigenvalue weighted by atomic mass is 16.2. The van der Waals surface area contributed by atoms with Gasteiger partial charge in [0.2, 0.25) is 0 Å². The van der Waals surface area contributed by atoms with Crippen LogP contribution in [0, 0.1) is 0 Å². The third-order valence-corrected chi connectivity index (χ3v) is 4.71. The van der Waals surface area contributed by atoms with Crippen LogP contribution >= 0.6 is 0 Å². The van der Waals surface area contributed by atoms with E-state index in [0.29, 0.717) is 18.0 Å². The van der Waals surface area contributed by atoms with Crippen LogP contribution in [-0.2, 0) is 11.2 Å². The molecule has 2 aromatic heterocycles. The van der Waals surface area contributed by atoms with E-state index in [-0.39, 0.29) is 5.91 Å². The van der Waals surface area contributed by atoms with Gasteiger partial charge in [-0.25, -0.2) is 0 Å². The predicted octanol–water partition coefficient (Wildman–Crippen LogP) is 2.88. The standard InChI is InChI=1S/C20H15N5O/c26-19(24-12-11-14-5-2-4-8-17(14)24)10-9-18-22-23-20-16-7-3-1-6-15(16)13-21-25(18)20/h1-10,13H,11-12H2. The van der Waals surface area contributed by atoms with E-state index in [1.54, 1.807) is 21.7 Å². The van der Waals surface area contributed by atoms with E-state index < -0.39 is 0 Å². The van der Waals surface area contributed by atoms with Crippen molar-refractivity contribution in [3.05, 3.63) is 72.2 Å². The van der Waals surface area contributed by atoms with Crippen LogP contribution in [0.2, 0.25) is 0 Å². The van der Waals surface area contributed by atoms with Gasteiger partial charge in [0, 0.05) is 29.1 Å². The molecule has 1 aliphatic rings. The van der Waals surface area contributed by atoms with Gasteiger partial charge in [-0.15, -0.1) is 10.2 Å². The first-order valence-electron chi connectivity index (χ1n) is 8.48. The molecule has 0 saturated heterocycles. The van der Waals surface area contributed by atoms with Crippen molar-refractivity contribution in [3.8, 4) is 0 Å². The highest BCUT2D eigenvalue weighted by Crippen LogP contribution is 2.27. The molecular weight excluding hydrogens is 326 g/mol. The Bertz CT molecular complexity index is 1180. The zero-order valence-corrected chi connectivity index (χ0v) is 13.9. The van der Waals surface area contributed by atoms with Crippen molar-refractivity contribution in [2.75, 3.05) is 11.4 Å². The maximum atomic E-state index is 12.6. The van der Waals surface area contributed by atoms with E-state index in [2.05, 4.69) is 21.4 Å². The molecule has 6 heteroatoms. The van der Waals surface area contributed by atoms with Gasteiger partial charge >= 0.3 is 0 Å². The van der Waals surface area contributed by atoms with Crippen molar-refractivity contribution in [2.45, 2.75) is 6.42 Å². The molecule has 0 saturated carbocycles. The summed E-state index contributed by atoms with van der Waals surface area (Å²) < 4.78 is 1.66. The van der Waals surface area contributed by atoms with Gasteiger partial charge in [0.25, 0.3) is 5.91 Å². The molecule has 6 nitrogen and oxygen atoms in total. The fourth-order valence-corrected chi connectivity index (χ4v) is 3.41. The van der Waals surface area contributed by atoms with Crippen LogP contribution in [0.15, 0.2) is 60.8 Å². The average molecular weight is 341 g/mol. The zero-order valence-electron chi connectivity index (χ0n) is 13.9. The number of aromatic nitrogens is 4. The molecule has 126 valence electrons. The normalized spacial score (nSPS) is 13.8. The minimum atomic E-state index is -0.0625. The molecule has 5 rings (SSSR count). The first kappa shape index (κ1) is 14.8. The maximum absolute atomic E-state index is 12.6. The first-order chi connectivity index (χ1) is 12.8. The van der Waals surface area contributed by atoms with E-state index in [1.807, 2.05) is 42.5 Å². The highest BCUT2D eigenvalue weighted by Gasteiger charge is 2.22. The third-order valence-electron chi connectivity index (χ3n) is 4.71. The first-order valence-corrected chi connectivity index (χ1v) is 8.48. The van der Waals surface area contributed by atoms with Crippen LogP contribution < -0.4 is 4.90 Å². The molecular formula is C20H15N5O. The predicted molar refractivity (Wildman–Crippen MR) is 99.8 cm³/mol. The topological polar surface area (TPSA) is 63.4 Å². The van der Waals surface area contributed by atoms with Crippen molar-refractivity contribution >= 4 is 34.1 Å². The molecule has 1 aliphatic heterocycles. The Morgan fingerprint density at radius 1 is 1.04 bits per heavy atom. The molecule has 26 heavy (non-hydrogen) atoms. The molecule has 0 bridgehead atoms. The van der Waals surface area contributed by atoms with Crippen LogP contribution in [0.5, 0.6) is 0 Å². The number of carbonyl (C=O) groups is 1. The molecule has 0 aliphatic carbocycles. The molecule has 2 aromatic carbocycles. The molecule has 0 spiro atoms. The Morgan fingerprint density at radius 3 is 2.85 bits per heavy atom. The van der Waals surface area contributed by atoms with Crippen molar-refractivity contribution < 1.29 is 4.79 Å². The van der Waals surface area contributed by atoms with Gasteiger partial charge in [-0.3, -0.25) is 4.79 Å². The van der Waals surface area contributed by atoms with Crippen LogP contribution in [0.25, 0.3) is 22.5 Å². The molecule has 4 aromatic rings. The summed E-state index contributed by atoms with van der Waals surface area (Å²) in [6, 6.07) is 15.9. The largest absolute Gasteiger partial charge is 0.308 e. The van der Waals surface area contributed by atoms with Crippen molar-refractivity contribution in [3.63, 3.8) is 0 Å². The molecule has 0 unspecified atom stereocenters. The smallest absolute Gasteiger partial charge is 0.251 e. The lowest BCUT2D eigenvalue weighted by Crippen LogP contribution is -2.26. The van der Waals surface area contributed by atoms with Crippen molar-refractivity contribution in [1.29, 1.82) is 0 Å². The molecule has 1 amide bonds. The number of hydrogen-bond acceptors (Lipinski definition) is 4. The Hall–Kier alpha value is -3.54. The summed E-state index contributed by atoms with van der Waals surface area (Å²) >= 11 is 0. The number of fused-ring (bicyclic) bond motifs is 4. The SMILES string of the molecule is O=C(C=Cc1nnc2c3ccccc3cnn12)N1CCc2ccccc21. The van der Waals surface area contributed by atoms with Gasteiger partial charge < -0.3 is 4.90 Å². The molecule has 0 atom stereocenters. The van der Waals surface area contributed by atoms with Crippen molar-refractivity contribution in [1.82, 2.24) is 19.8 Å². The van der Waals surface area contributed by atoms with Crippen LogP contribution in [0.1, 0.15) is 11.4 Å². The second kappa shape index (κ2) is 5.77. The Morgan fingerprint density at radius 2 is 1.88 bits per heavy atom. The van der Waals surface area contributed by atoms with Gasteiger partial charge in [0.1, 0.15) is 0 Å². The monoisotopic (exact) mass is 341 g/mol. The fraction of sp³-hybridized carbons (Fsp3) is 0.100. The number of para-hydroxylation sites is 1. The summed E-state index contributed by atoms with van der Waals surface area (Å²) in [5.74, 6) is 0.471. The van der Waals surface area contributed by atoms with Crippen LogP contribution in [-0.4, -0.2) is 32.3 Å². The minimum Gasteiger partial charge on any atom is -0.308 e. The Labute approximate surface area is 149 Å². The lowest BCUT2D eigenvalue weighted by molar-refractivity contribution is -0.114. The summed E-state index contributed by atoms with van der Waals surface area (Å²) in [6.45, 7) is 0.700. The van der Waals surface area contributed by atoms with Gasteiger partial charge in [-0.2, -0.15) is 9.61 Å². The average Bonchev–Trinajstić information content (AvgIpc) is 3.30. The summed E-state index contributed by atoms with van der Waals surface area (Å²) in [4.78, 5) is 14.4. The quantitative estimate of drug-likeness (QED) is 0.526. The van der Waals surface area contributed by atoms with Crippen LogP contribution in [0.3, 0.4) is 0 Å². The van der Waals surface area contributed by atoms with E-state index in [1.165, 1.54) is 11.6 Å². The molecule has 0 fully saturated rings. The number of amides is 1. The second-order valence-electron chi connectivity index (χ2n) is 6.23. The summed E-state index contributed by atoms with van der Waals surface area (Å²) in [5, 5.41) is 14.8. The van der Waals surface area contributed by atoms with Gasteiger partial charge in [-0.05, 0) is 24.1 Å². The summed E-state index contributed by atoms with van der Waals surface area (Å²) in [6.07, 6.45) is 5.87. The van der Waals surface area contributed by atoms with Gasteiger partial charge in [0.05, 0.1) is 6.20 Å². The lowest BCUT2D eigenvalue weighted by atomic mass is 10.2. The molecule has 3 heterocycles. The fourth-order valence-electron chi connectivity index (χ4n) is 3.41. The van der Waals surface area contributed by atoms with Crippen molar-refractivity contribution in [2.24, 2.45) is 0 Å². The Kier molecular flexibility index (Phi) is 3.28. The van der Waals surface area contributed by atoms with Gasteiger partial charge in [-0.1, -0.05) is 42.5 Å². The number of hydrogen-bond donors (Lipinski definition) is 0. The van der Waals surface area contributed by atoms with E-state index in [4.69, 9.17) is 0 Å². The third kappa shape index (κ3) is 2.27. The van der Waals surface area contributed by atoms with E-state index >= 15 is 0 Å². The van der Waals surface area contributed by atoms with E-state index in [9.17, 15) is 4.79 Å². The number of nitrogens with zero attached hydrogens (tertiary/aromatic N) is 5. The zero-order chi connectivity index (χ0) is 17.5. The number of carbonyl (C=O) groups excluding carboxylic acids is 1. The number of rotatable bonds is 2. The highest BCUT2D eigenvalue weighted by molar-refractivity contribution is 6.05. The van der Waals surface area contributed by atoms with Gasteiger partial charge in [0.15, 0.2) is 11.5 Å². The molecule has 0 radical (unpaired) electrons. The summed E-state index contributed by atoms with van der Waals surface area (Å²) in [7, 11) is 0. The second-order valence-corrected chi connectivity index (χ2v) is 6.23. The maximum Gasteiger partial charge on any atom is 0.251 e. The summed E-state index contributed by atoms with van der Waals surface area (Å²) in [5.41, 5.74) is 2.87. The number of anilines is 1. The van der Waals surface area contributed by atoms with E-state index in [0.717, 1.165) is 22.9 Å².